The summed E-state index contributed by atoms with van der Waals surface area (Å²) in [6, 6.07) is 5.62. The SMILES string of the molecule is O=C(c1cc2cccnc2[nH]1)N1CC(O)CC2(CCOCC2)C1. The van der Waals surface area contributed by atoms with Crippen molar-refractivity contribution in [2.45, 2.75) is 25.4 Å². The van der Waals surface area contributed by atoms with Crippen LogP contribution in [-0.2, 0) is 4.74 Å². The van der Waals surface area contributed by atoms with Crippen molar-refractivity contribution in [1.29, 1.82) is 0 Å². The summed E-state index contributed by atoms with van der Waals surface area (Å²) in [7, 11) is 0. The molecule has 2 N–H and O–H groups in total. The lowest BCUT2D eigenvalue weighted by molar-refractivity contribution is -0.0605. The number of aliphatic hydroxyl groups is 1. The highest BCUT2D eigenvalue weighted by atomic mass is 16.5. The Hall–Kier alpha value is -1.92. The molecule has 6 heteroatoms. The van der Waals surface area contributed by atoms with Gasteiger partial charge in [-0.3, -0.25) is 4.79 Å². The largest absolute Gasteiger partial charge is 0.391 e. The third-order valence-electron chi connectivity index (χ3n) is 5.09. The number of carbonyl (C=O) groups excluding carboxylic acids is 1. The minimum Gasteiger partial charge on any atom is -0.391 e. The third-order valence-corrected chi connectivity index (χ3v) is 5.09. The van der Waals surface area contributed by atoms with Crippen LogP contribution in [0.4, 0.5) is 0 Å². The van der Waals surface area contributed by atoms with Crippen LogP contribution in [0.25, 0.3) is 11.0 Å². The van der Waals surface area contributed by atoms with Gasteiger partial charge in [-0.25, -0.2) is 4.98 Å². The molecule has 23 heavy (non-hydrogen) atoms. The number of carbonyl (C=O) groups is 1. The lowest BCUT2D eigenvalue weighted by atomic mass is 9.73. The van der Waals surface area contributed by atoms with E-state index in [2.05, 4.69) is 9.97 Å². The number of amides is 1. The standard InChI is InChI=1S/C17H21N3O3/c21-13-9-17(3-6-23-7-4-17)11-20(10-13)16(22)14-8-12-2-1-5-18-15(12)19-14/h1-2,5,8,13,21H,3-4,6-7,9-11H2,(H,18,19). The Bertz CT molecular complexity index is 688. The number of pyridine rings is 1. The summed E-state index contributed by atoms with van der Waals surface area (Å²) in [5.41, 5.74) is 1.25. The molecule has 0 aromatic carbocycles. The number of fused-ring (bicyclic) bond motifs is 1. The number of likely N-dealkylation sites (tertiary alicyclic amines) is 1. The topological polar surface area (TPSA) is 78.5 Å². The first-order valence-corrected chi connectivity index (χ1v) is 8.14. The van der Waals surface area contributed by atoms with Crippen LogP contribution in [0, 0.1) is 5.41 Å². The van der Waals surface area contributed by atoms with Crippen molar-refractivity contribution in [3.8, 4) is 0 Å². The number of nitrogens with zero attached hydrogens (tertiary/aromatic N) is 2. The van der Waals surface area contributed by atoms with Crippen LogP contribution in [0.15, 0.2) is 24.4 Å². The number of aromatic nitrogens is 2. The lowest BCUT2D eigenvalue weighted by Crippen LogP contribution is -2.53. The normalized spacial score (nSPS) is 24.2. The molecule has 122 valence electrons. The van der Waals surface area contributed by atoms with Crippen molar-refractivity contribution in [2.75, 3.05) is 26.3 Å². The molecule has 4 rings (SSSR count). The van der Waals surface area contributed by atoms with E-state index in [4.69, 9.17) is 4.74 Å². The second-order valence-corrected chi connectivity index (χ2v) is 6.78. The van der Waals surface area contributed by atoms with Crippen molar-refractivity contribution < 1.29 is 14.6 Å². The molecular formula is C17H21N3O3. The first-order valence-electron chi connectivity index (χ1n) is 8.14. The molecule has 2 aromatic heterocycles. The number of piperidine rings is 1. The number of H-pyrrole nitrogens is 1. The van der Waals surface area contributed by atoms with E-state index in [-0.39, 0.29) is 11.3 Å². The summed E-state index contributed by atoms with van der Waals surface area (Å²) in [6.45, 7) is 2.51. The highest BCUT2D eigenvalue weighted by Gasteiger charge is 2.42. The Morgan fingerprint density at radius 3 is 3.04 bits per heavy atom. The summed E-state index contributed by atoms with van der Waals surface area (Å²) < 4.78 is 5.45. The molecular weight excluding hydrogens is 294 g/mol. The maximum absolute atomic E-state index is 12.9. The molecule has 0 bridgehead atoms. The molecule has 6 nitrogen and oxygen atoms in total. The zero-order valence-electron chi connectivity index (χ0n) is 13.0. The molecule has 4 heterocycles. The van der Waals surface area contributed by atoms with Crippen molar-refractivity contribution in [2.24, 2.45) is 5.41 Å². The lowest BCUT2D eigenvalue weighted by Gasteiger charge is -2.46. The van der Waals surface area contributed by atoms with E-state index in [1.807, 2.05) is 18.2 Å². The van der Waals surface area contributed by atoms with Crippen LogP contribution >= 0.6 is 0 Å². The van der Waals surface area contributed by atoms with Gasteiger partial charge in [-0.2, -0.15) is 0 Å². The first-order chi connectivity index (χ1) is 11.2. The summed E-state index contributed by atoms with van der Waals surface area (Å²) in [6.07, 6.45) is 3.81. The fourth-order valence-corrected chi connectivity index (χ4v) is 3.92. The minimum atomic E-state index is -0.465. The number of nitrogens with one attached hydrogen (secondary N) is 1. The molecule has 0 aliphatic carbocycles. The monoisotopic (exact) mass is 315 g/mol. The predicted molar refractivity (Wildman–Crippen MR) is 85.1 cm³/mol. The van der Waals surface area contributed by atoms with Gasteiger partial charge < -0.3 is 19.7 Å². The maximum Gasteiger partial charge on any atom is 0.270 e. The fourth-order valence-electron chi connectivity index (χ4n) is 3.92. The van der Waals surface area contributed by atoms with E-state index >= 15 is 0 Å². The molecule has 1 spiro atoms. The molecule has 2 fully saturated rings. The summed E-state index contributed by atoms with van der Waals surface area (Å²) in [4.78, 5) is 22.0. The zero-order valence-corrected chi connectivity index (χ0v) is 13.0. The van der Waals surface area contributed by atoms with Gasteiger partial charge in [0.15, 0.2) is 0 Å². The molecule has 1 atom stereocenters. The Morgan fingerprint density at radius 1 is 1.43 bits per heavy atom. The van der Waals surface area contributed by atoms with Crippen LogP contribution in [0.5, 0.6) is 0 Å². The van der Waals surface area contributed by atoms with Crippen LogP contribution < -0.4 is 0 Å². The Morgan fingerprint density at radius 2 is 2.26 bits per heavy atom. The molecule has 2 aliphatic rings. The van der Waals surface area contributed by atoms with E-state index in [1.54, 1.807) is 11.1 Å². The quantitative estimate of drug-likeness (QED) is 0.837. The van der Waals surface area contributed by atoms with Gasteiger partial charge in [0, 0.05) is 37.9 Å². The minimum absolute atomic E-state index is 0.00412. The molecule has 2 saturated heterocycles. The average molecular weight is 315 g/mol. The van der Waals surface area contributed by atoms with Crippen LogP contribution in [0.1, 0.15) is 29.8 Å². The highest BCUT2D eigenvalue weighted by molar-refractivity contribution is 5.97. The Balaban J connectivity index is 1.59. The summed E-state index contributed by atoms with van der Waals surface area (Å²) >= 11 is 0. The third kappa shape index (κ3) is 2.72. The molecule has 0 radical (unpaired) electrons. The zero-order chi connectivity index (χ0) is 15.9. The molecule has 2 aliphatic heterocycles. The Kier molecular flexibility index (Phi) is 3.58. The van der Waals surface area contributed by atoms with Gasteiger partial charge in [0.1, 0.15) is 11.3 Å². The van der Waals surface area contributed by atoms with Crippen LogP contribution in [0.2, 0.25) is 0 Å². The van der Waals surface area contributed by atoms with Gasteiger partial charge in [-0.1, -0.05) is 0 Å². The predicted octanol–water partition coefficient (Wildman–Crippen LogP) is 1.57. The van der Waals surface area contributed by atoms with Gasteiger partial charge >= 0.3 is 0 Å². The first kappa shape index (κ1) is 14.7. The van der Waals surface area contributed by atoms with E-state index in [1.165, 1.54) is 0 Å². The van der Waals surface area contributed by atoms with Crippen molar-refractivity contribution in [3.05, 3.63) is 30.1 Å². The second kappa shape index (κ2) is 5.62. The number of hydrogen-bond donors (Lipinski definition) is 2. The molecule has 0 saturated carbocycles. The van der Waals surface area contributed by atoms with E-state index in [0.717, 1.165) is 24.6 Å². The van der Waals surface area contributed by atoms with E-state index in [0.29, 0.717) is 37.6 Å². The maximum atomic E-state index is 12.9. The smallest absolute Gasteiger partial charge is 0.270 e. The number of β-amino-alcohol motifs (C(OH)–C–C–N with tert-alkyl or cyclic N) is 1. The number of ether oxygens (including phenoxy) is 1. The van der Waals surface area contributed by atoms with Crippen molar-refractivity contribution in [1.82, 2.24) is 14.9 Å². The van der Waals surface area contributed by atoms with E-state index < -0.39 is 6.10 Å². The Labute approximate surface area is 134 Å². The van der Waals surface area contributed by atoms with Gasteiger partial charge in [0.2, 0.25) is 0 Å². The van der Waals surface area contributed by atoms with E-state index in [9.17, 15) is 9.90 Å². The second-order valence-electron chi connectivity index (χ2n) is 6.78. The van der Waals surface area contributed by atoms with Gasteiger partial charge in [-0.15, -0.1) is 0 Å². The number of aliphatic hydroxyl groups excluding tert-OH is 1. The number of hydrogen-bond acceptors (Lipinski definition) is 4. The van der Waals surface area contributed by atoms with Crippen LogP contribution in [0.3, 0.4) is 0 Å². The summed E-state index contributed by atoms with van der Waals surface area (Å²) in [5.74, 6) is -0.0624. The molecule has 1 unspecified atom stereocenters. The van der Waals surface area contributed by atoms with Gasteiger partial charge in [0.05, 0.1) is 6.10 Å². The number of rotatable bonds is 1. The van der Waals surface area contributed by atoms with Crippen LogP contribution in [-0.4, -0.2) is 58.3 Å². The van der Waals surface area contributed by atoms with Crippen molar-refractivity contribution >= 4 is 16.9 Å². The highest BCUT2D eigenvalue weighted by Crippen LogP contribution is 2.39. The number of aromatic amines is 1. The summed E-state index contributed by atoms with van der Waals surface area (Å²) in [5, 5.41) is 11.2. The van der Waals surface area contributed by atoms with Gasteiger partial charge in [-0.05, 0) is 42.9 Å². The van der Waals surface area contributed by atoms with Gasteiger partial charge in [0.25, 0.3) is 5.91 Å². The molecule has 2 aromatic rings. The fraction of sp³-hybridized carbons (Fsp3) is 0.529. The molecule has 1 amide bonds. The average Bonchev–Trinajstić information content (AvgIpc) is 2.98. The van der Waals surface area contributed by atoms with Crippen molar-refractivity contribution in [3.63, 3.8) is 0 Å².